The third-order valence-electron chi connectivity index (χ3n) is 12.5. The van der Waals surface area contributed by atoms with Crippen molar-refractivity contribution in [1.82, 2.24) is 0 Å². The molecule has 0 amide bonds. The standard InChI is InChI=1S/C59H44N2/c1-59(2)55-40-53-43(33-34-44-35-49(37-51(57(44)53)41-21-9-3-10-22-41)60(45-25-13-5-14-26-45)46-27-15-6-16-28-46)36-54(55)58-52(42-23-11-4-12-24-42)38-50(39-56(58)59)61(47-29-17-7-18-30-47)48-31-19-8-20-32-48/h3-40H,1-2H3. The summed E-state index contributed by atoms with van der Waals surface area (Å²) in [4.78, 5) is 4.77. The number of rotatable bonds is 8. The summed E-state index contributed by atoms with van der Waals surface area (Å²) in [6, 6.07) is 84.0. The highest BCUT2D eigenvalue weighted by atomic mass is 15.1. The molecule has 10 aromatic carbocycles. The third kappa shape index (κ3) is 6.27. The molecule has 0 saturated heterocycles. The Kier molecular flexibility index (Phi) is 8.86. The third-order valence-corrected chi connectivity index (χ3v) is 12.5. The zero-order chi connectivity index (χ0) is 40.9. The summed E-state index contributed by atoms with van der Waals surface area (Å²) >= 11 is 0. The van der Waals surface area contributed by atoms with E-state index in [4.69, 9.17) is 0 Å². The van der Waals surface area contributed by atoms with Gasteiger partial charge in [-0.3, -0.25) is 0 Å². The molecule has 0 aliphatic heterocycles. The van der Waals surface area contributed by atoms with Crippen molar-refractivity contribution >= 4 is 55.7 Å². The largest absolute Gasteiger partial charge is 0.310 e. The minimum Gasteiger partial charge on any atom is -0.310 e. The van der Waals surface area contributed by atoms with Gasteiger partial charge in [-0.1, -0.05) is 159 Å². The van der Waals surface area contributed by atoms with Gasteiger partial charge in [0, 0.05) is 39.5 Å². The molecule has 0 aromatic heterocycles. The van der Waals surface area contributed by atoms with Gasteiger partial charge >= 0.3 is 0 Å². The van der Waals surface area contributed by atoms with E-state index in [-0.39, 0.29) is 5.41 Å². The minimum absolute atomic E-state index is 0.288. The Morgan fingerprint density at radius 1 is 0.311 bits per heavy atom. The van der Waals surface area contributed by atoms with Crippen LogP contribution in [0.3, 0.4) is 0 Å². The summed E-state index contributed by atoms with van der Waals surface area (Å²) in [5, 5.41) is 4.99. The fraction of sp³-hybridized carbons (Fsp3) is 0.0508. The van der Waals surface area contributed by atoms with E-state index in [2.05, 4.69) is 254 Å². The fourth-order valence-electron chi connectivity index (χ4n) is 9.66. The van der Waals surface area contributed by atoms with Crippen LogP contribution in [0.25, 0.3) is 54.9 Å². The van der Waals surface area contributed by atoms with Crippen molar-refractivity contribution in [3.05, 3.63) is 242 Å². The quantitative estimate of drug-likeness (QED) is 0.142. The minimum atomic E-state index is -0.288. The Balaban J connectivity index is 1.16. The average Bonchev–Trinajstić information content (AvgIpc) is 3.54. The van der Waals surface area contributed by atoms with Crippen LogP contribution in [-0.4, -0.2) is 0 Å². The second-order valence-electron chi connectivity index (χ2n) is 16.6. The first-order valence-electron chi connectivity index (χ1n) is 21.2. The molecule has 0 N–H and O–H groups in total. The zero-order valence-corrected chi connectivity index (χ0v) is 34.3. The van der Waals surface area contributed by atoms with Gasteiger partial charge in [0.15, 0.2) is 0 Å². The van der Waals surface area contributed by atoms with E-state index < -0.39 is 0 Å². The van der Waals surface area contributed by atoms with E-state index in [1.165, 1.54) is 66.1 Å². The van der Waals surface area contributed by atoms with Crippen molar-refractivity contribution in [2.75, 3.05) is 9.80 Å². The number of para-hydroxylation sites is 4. The number of hydrogen-bond donors (Lipinski definition) is 0. The van der Waals surface area contributed by atoms with Crippen molar-refractivity contribution in [3.63, 3.8) is 0 Å². The molecule has 2 nitrogen and oxygen atoms in total. The molecule has 0 atom stereocenters. The van der Waals surface area contributed by atoms with Crippen LogP contribution in [0.4, 0.5) is 34.1 Å². The Hall–Kier alpha value is -7.68. The second kappa shape index (κ2) is 14.9. The van der Waals surface area contributed by atoms with Gasteiger partial charge in [0.25, 0.3) is 0 Å². The maximum atomic E-state index is 2.52. The Morgan fingerprint density at radius 3 is 1.21 bits per heavy atom. The Labute approximate surface area is 358 Å². The number of anilines is 6. The molecule has 0 unspecified atom stereocenters. The average molecular weight is 781 g/mol. The molecular weight excluding hydrogens is 737 g/mol. The topological polar surface area (TPSA) is 6.48 Å². The predicted octanol–water partition coefficient (Wildman–Crippen LogP) is 16.6. The molecule has 61 heavy (non-hydrogen) atoms. The lowest BCUT2D eigenvalue weighted by Crippen LogP contribution is -2.17. The molecule has 0 spiro atoms. The van der Waals surface area contributed by atoms with Crippen molar-refractivity contribution in [2.45, 2.75) is 19.3 Å². The molecule has 0 bridgehead atoms. The first-order valence-corrected chi connectivity index (χ1v) is 21.2. The summed E-state index contributed by atoms with van der Waals surface area (Å²) in [7, 11) is 0. The molecule has 1 aliphatic carbocycles. The van der Waals surface area contributed by atoms with E-state index in [0.29, 0.717) is 0 Å². The smallest absolute Gasteiger partial charge is 0.0474 e. The Morgan fingerprint density at radius 2 is 0.721 bits per heavy atom. The van der Waals surface area contributed by atoms with Gasteiger partial charge < -0.3 is 9.80 Å². The van der Waals surface area contributed by atoms with Gasteiger partial charge in [0.05, 0.1) is 0 Å². The van der Waals surface area contributed by atoms with Crippen LogP contribution in [-0.2, 0) is 5.41 Å². The van der Waals surface area contributed by atoms with Crippen LogP contribution < -0.4 is 9.80 Å². The second-order valence-corrected chi connectivity index (χ2v) is 16.6. The van der Waals surface area contributed by atoms with Crippen LogP contribution in [0, 0.1) is 0 Å². The lowest BCUT2D eigenvalue weighted by molar-refractivity contribution is 0.661. The van der Waals surface area contributed by atoms with Crippen molar-refractivity contribution in [1.29, 1.82) is 0 Å². The highest BCUT2D eigenvalue weighted by molar-refractivity contribution is 6.17. The molecule has 0 heterocycles. The summed E-state index contributed by atoms with van der Waals surface area (Å²) < 4.78 is 0. The van der Waals surface area contributed by atoms with Crippen molar-refractivity contribution < 1.29 is 0 Å². The molecule has 0 fully saturated rings. The Bertz CT molecular complexity index is 3100. The molecule has 10 aromatic rings. The lowest BCUT2D eigenvalue weighted by atomic mass is 9.80. The molecule has 0 radical (unpaired) electrons. The van der Waals surface area contributed by atoms with Crippen LogP contribution in [0.1, 0.15) is 25.0 Å². The monoisotopic (exact) mass is 780 g/mol. The first kappa shape index (κ1) is 36.4. The first-order chi connectivity index (χ1) is 30.0. The summed E-state index contributed by atoms with van der Waals surface area (Å²) in [6.45, 7) is 4.83. The van der Waals surface area contributed by atoms with Gasteiger partial charge in [-0.25, -0.2) is 0 Å². The normalized spacial score (nSPS) is 12.6. The van der Waals surface area contributed by atoms with Crippen LogP contribution in [0.5, 0.6) is 0 Å². The molecule has 0 saturated carbocycles. The number of nitrogens with zero attached hydrogens (tertiary/aromatic N) is 2. The summed E-state index contributed by atoms with van der Waals surface area (Å²) in [6.07, 6.45) is 0. The predicted molar refractivity (Wildman–Crippen MR) is 259 cm³/mol. The summed E-state index contributed by atoms with van der Waals surface area (Å²) in [5.74, 6) is 0. The van der Waals surface area contributed by atoms with E-state index in [0.717, 1.165) is 34.1 Å². The number of hydrogen-bond acceptors (Lipinski definition) is 2. The molecule has 290 valence electrons. The molecule has 1 aliphatic rings. The molecule has 11 rings (SSSR count). The van der Waals surface area contributed by atoms with E-state index in [1.54, 1.807) is 0 Å². The zero-order valence-electron chi connectivity index (χ0n) is 34.3. The lowest BCUT2D eigenvalue weighted by Gasteiger charge is -2.29. The van der Waals surface area contributed by atoms with Gasteiger partial charge in [0.2, 0.25) is 0 Å². The highest BCUT2D eigenvalue weighted by Gasteiger charge is 2.39. The van der Waals surface area contributed by atoms with Gasteiger partial charge in [-0.15, -0.1) is 0 Å². The highest BCUT2D eigenvalue weighted by Crippen LogP contribution is 2.56. The fourth-order valence-corrected chi connectivity index (χ4v) is 9.66. The van der Waals surface area contributed by atoms with E-state index in [1.807, 2.05) is 0 Å². The van der Waals surface area contributed by atoms with Gasteiger partial charge in [-0.05, 0) is 151 Å². The van der Waals surface area contributed by atoms with Crippen molar-refractivity contribution in [3.8, 4) is 33.4 Å². The maximum absolute atomic E-state index is 2.52. The van der Waals surface area contributed by atoms with Crippen LogP contribution in [0.15, 0.2) is 231 Å². The van der Waals surface area contributed by atoms with E-state index >= 15 is 0 Å². The van der Waals surface area contributed by atoms with Crippen molar-refractivity contribution in [2.24, 2.45) is 0 Å². The summed E-state index contributed by atoms with van der Waals surface area (Å²) in [5.41, 5.74) is 16.7. The van der Waals surface area contributed by atoms with Gasteiger partial charge in [0.1, 0.15) is 0 Å². The SMILES string of the molecule is CC1(C)c2cc3c(ccc4cc(N(c5ccccc5)c5ccccc5)cc(-c5ccccc5)c43)cc2-c2c(-c3ccccc3)cc(N(c3ccccc3)c3ccccc3)cc21. The van der Waals surface area contributed by atoms with Crippen LogP contribution >= 0.6 is 0 Å². The van der Waals surface area contributed by atoms with Gasteiger partial charge in [-0.2, -0.15) is 0 Å². The van der Waals surface area contributed by atoms with Crippen LogP contribution in [0.2, 0.25) is 0 Å². The number of fused-ring (bicyclic) bond motifs is 6. The number of benzene rings is 10. The maximum Gasteiger partial charge on any atom is 0.0474 e. The van der Waals surface area contributed by atoms with E-state index in [9.17, 15) is 0 Å². The molecule has 2 heteroatoms. The molecular formula is C59H44N2.